The van der Waals surface area contributed by atoms with Crippen LogP contribution in [0.1, 0.15) is 55.6 Å². The Morgan fingerprint density at radius 2 is 1.67 bits per heavy atom. The Morgan fingerprint density at radius 1 is 0.952 bits per heavy atom. The van der Waals surface area contributed by atoms with Gasteiger partial charge in [-0.3, -0.25) is 0 Å². The Balaban J connectivity index is 1.23. The van der Waals surface area contributed by atoms with Crippen LogP contribution in [0.25, 0.3) is 0 Å². The van der Waals surface area contributed by atoms with Gasteiger partial charge in [0.05, 0.1) is 0 Å². The maximum atomic E-state index is 3.93. The minimum absolute atomic E-state index is 0.770. The molecule has 2 aliphatic carbocycles. The summed E-state index contributed by atoms with van der Waals surface area (Å²) in [6, 6.07) is 11.4. The van der Waals surface area contributed by atoms with Crippen molar-refractivity contribution in [1.82, 2.24) is 10.2 Å². The van der Waals surface area contributed by atoms with Gasteiger partial charge >= 0.3 is 0 Å². The van der Waals surface area contributed by atoms with Gasteiger partial charge in [0, 0.05) is 18.1 Å². The summed E-state index contributed by atoms with van der Waals surface area (Å²) in [5.41, 5.74) is 3.05. The zero-order chi connectivity index (χ0) is 14.2. The molecule has 2 nitrogen and oxygen atoms in total. The molecule has 1 aromatic rings. The summed E-state index contributed by atoms with van der Waals surface area (Å²) in [5, 5.41) is 3.93. The molecule has 2 heteroatoms. The average molecular weight is 284 g/mol. The number of aryl methyl sites for hydroxylation is 1. The van der Waals surface area contributed by atoms with Crippen LogP contribution < -0.4 is 5.32 Å². The summed E-state index contributed by atoms with van der Waals surface area (Å²) in [7, 11) is 0. The lowest BCUT2D eigenvalue weighted by Gasteiger charge is -2.41. The van der Waals surface area contributed by atoms with Crippen molar-refractivity contribution in [3.8, 4) is 0 Å². The van der Waals surface area contributed by atoms with Crippen LogP contribution in [0.4, 0.5) is 0 Å². The smallest absolute Gasteiger partial charge is 0.00964 e. The van der Waals surface area contributed by atoms with Crippen molar-refractivity contribution >= 4 is 0 Å². The summed E-state index contributed by atoms with van der Waals surface area (Å²) in [4.78, 5) is 2.72. The SMILES string of the molecule is Cc1ccccc1C1CC(NC2CCN(C3CC3)CC2)C1. The third kappa shape index (κ3) is 3.02. The number of piperidine rings is 1. The largest absolute Gasteiger partial charge is 0.311 e. The Hall–Kier alpha value is -0.860. The Kier molecular flexibility index (Phi) is 3.76. The van der Waals surface area contributed by atoms with Gasteiger partial charge in [0.15, 0.2) is 0 Å². The predicted molar refractivity (Wildman–Crippen MR) is 87.7 cm³/mol. The molecule has 0 atom stereocenters. The first-order valence-electron chi connectivity index (χ1n) is 8.85. The highest BCUT2D eigenvalue weighted by atomic mass is 15.2. The summed E-state index contributed by atoms with van der Waals surface area (Å²) in [6.07, 6.45) is 8.32. The van der Waals surface area contributed by atoms with Gasteiger partial charge < -0.3 is 10.2 Å². The van der Waals surface area contributed by atoms with Gasteiger partial charge in [-0.1, -0.05) is 24.3 Å². The zero-order valence-corrected chi connectivity index (χ0v) is 13.2. The molecule has 1 aromatic carbocycles. The fourth-order valence-electron chi connectivity index (χ4n) is 4.26. The van der Waals surface area contributed by atoms with Crippen molar-refractivity contribution in [3.05, 3.63) is 35.4 Å². The van der Waals surface area contributed by atoms with Gasteiger partial charge in [-0.05, 0) is 75.6 Å². The highest BCUT2D eigenvalue weighted by Gasteiger charge is 2.35. The molecule has 1 heterocycles. The first kappa shape index (κ1) is 13.8. The standard InChI is InChI=1S/C19H28N2/c1-14-4-2-3-5-19(14)15-12-17(13-15)20-16-8-10-21(11-9-16)18-6-7-18/h2-5,15-18,20H,6-13H2,1H3. The second kappa shape index (κ2) is 5.73. The Bertz CT molecular complexity index is 480. The summed E-state index contributed by atoms with van der Waals surface area (Å²) >= 11 is 0. The third-order valence-corrected chi connectivity index (χ3v) is 5.83. The van der Waals surface area contributed by atoms with Crippen molar-refractivity contribution in [2.24, 2.45) is 0 Å². The molecular formula is C19H28N2. The molecule has 3 aliphatic rings. The minimum atomic E-state index is 0.770. The molecule has 0 unspecified atom stereocenters. The summed E-state index contributed by atoms with van der Waals surface area (Å²) in [6.45, 7) is 4.91. The average Bonchev–Trinajstić information content (AvgIpc) is 3.29. The van der Waals surface area contributed by atoms with Crippen molar-refractivity contribution in [3.63, 3.8) is 0 Å². The van der Waals surface area contributed by atoms with Crippen LogP contribution >= 0.6 is 0 Å². The molecular weight excluding hydrogens is 256 g/mol. The van der Waals surface area contributed by atoms with Crippen molar-refractivity contribution in [1.29, 1.82) is 0 Å². The van der Waals surface area contributed by atoms with Crippen LogP contribution in [0.15, 0.2) is 24.3 Å². The first-order chi connectivity index (χ1) is 10.3. The fourth-order valence-corrected chi connectivity index (χ4v) is 4.26. The Morgan fingerprint density at radius 3 is 2.33 bits per heavy atom. The third-order valence-electron chi connectivity index (χ3n) is 5.83. The van der Waals surface area contributed by atoms with Crippen LogP contribution in [0.3, 0.4) is 0 Å². The van der Waals surface area contributed by atoms with Crippen molar-refractivity contribution in [2.45, 2.75) is 69.5 Å². The lowest BCUT2D eigenvalue weighted by molar-refractivity contribution is 0.165. The van der Waals surface area contributed by atoms with Gasteiger partial charge in [-0.25, -0.2) is 0 Å². The number of nitrogens with one attached hydrogen (secondary N) is 1. The highest BCUT2D eigenvalue weighted by Crippen LogP contribution is 2.39. The number of nitrogens with zero attached hydrogens (tertiary/aromatic N) is 1. The maximum absolute atomic E-state index is 3.93. The van der Waals surface area contributed by atoms with Crippen LogP contribution in [0.5, 0.6) is 0 Å². The van der Waals surface area contributed by atoms with Crippen LogP contribution in [0.2, 0.25) is 0 Å². The highest BCUT2D eigenvalue weighted by molar-refractivity contribution is 5.31. The van der Waals surface area contributed by atoms with E-state index in [9.17, 15) is 0 Å². The quantitative estimate of drug-likeness (QED) is 0.911. The van der Waals surface area contributed by atoms with E-state index in [1.807, 2.05) is 0 Å². The molecule has 1 saturated heterocycles. The minimum Gasteiger partial charge on any atom is -0.311 e. The van der Waals surface area contributed by atoms with Gasteiger partial charge in [-0.2, -0.15) is 0 Å². The molecule has 0 bridgehead atoms. The van der Waals surface area contributed by atoms with Crippen LogP contribution in [-0.2, 0) is 0 Å². The number of rotatable bonds is 4. The van der Waals surface area contributed by atoms with E-state index in [0.717, 1.165) is 24.0 Å². The van der Waals surface area contributed by atoms with Crippen LogP contribution in [0, 0.1) is 6.92 Å². The number of benzene rings is 1. The van der Waals surface area contributed by atoms with Gasteiger partial charge in [0.25, 0.3) is 0 Å². The molecule has 2 saturated carbocycles. The number of likely N-dealkylation sites (tertiary alicyclic amines) is 1. The molecule has 3 fully saturated rings. The lowest BCUT2D eigenvalue weighted by atomic mass is 9.74. The van der Waals surface area contributed by atoms with E-state index in [1.54, 1.807) is 5.56 Å². The summed E-state index contributed by atoms with van der Waals surface area (Å²) < 4.78 is 0. The monoisotopic (exact) mass is 284 g/mol. The van der Waals surface area contributed by atoms with E-state index in [-0.39, 0.29) is 0 Å². The molecule has 4 rings (SSSR count). The second-order valence-electron chi connectivity index (χ2n) is 7.43. The lowest BCUT2D eigenvalue weighted by Crippen LogP contribution is -2.50. The van der Waals surface area contributed by atoms with E-state index in [4.69, 9.17) is 0 Å². The normalized spacial score (nSPS) is 31.1. The van der Waals surface area contributed by atoms with Gasteiger partial charge in [-0.15, -0.1) is 0 Å². The molecule has 0 amide bonds. The van der Waals surface area contributed by atoms with E-state index < -0.39 is 0 Å². The Labute approximate surface area is 128 Å². The molecule has 0 aromatic heterocycles. The molecule has 1 aliphatic heterocycles. The summed E-state index contributed by atoms with van der Waals surface area (Å²) in [5.74, 6) is 0.801. The number of hydrogen-bond donors (Lipinski definition) is 1. The predicted octanol–water partition coefficient (Wildman–Crippen LogP) is 3.46. The van der Waals surface area contributed by atoms with E-state index in [0.29, 0.717) is 0 Å². The number of hydrogen-bond acceptors (Lipinski definition) is 2. The van der Waals surface area contributed by atoms with E-state index in [1.165, 1.54) is 57.2 Å². The second-order valence-corrected chi connectivity index (χ2v) is 7.43. The van der Waals surface area contributed by atoms with E-state index >= 15 is 0 Å². The van der Waals surface area contributed by atoms with Crippen molar-refractivity contribution in [2.75, 3.05) is 13.1 Å². The van der Waals surface area contributed by atoms with E-state index in [2.05, 4.69) is 41.4 Å². The maximum Gasteiger partial charge on any atom is 0.00964 e. The van der Waals surface area contributed by atoms with Gasteiger partial charge in [0.2, 0.25) is 0 Å². The zero-order valence-electron chi connectivity index (χ0n) is 13.2. The topological polar surface area (TPSA) is 15.3 Å². The van der Waals surface area contributed by atoms with Crippen LogP contribution in [-0.4, -0.2) is 36.1 Å². The molecule has 0 spiro atoms. The van der Waals surface area contributed by atoms with Crippen molar-refractivity contribution < 1.29 is 0 Å². The molecule has 21 heavy (non-hydrogen) atoms. The molecule has 0 radical (unpaired) electrons. The van der Waals surface area contributed by atoms with Gasteiger partial charge in [0.1, 0.15) is 0 Å². The fraction of sp³-hybridized carbons (Fsp3) is 0.684. The first-order valence-corrected chi connectivity index (χ1v) is 8.85. The molecule has 114 valence electrons. The molecule has 1 N–H and O–H groups in total.